The molecule has 1 spiro atoms. The Hall–Kier alpha value is -0.560. The maximum Gasteiger partial charge on any atom is 0.109 e. The molecule has 0 amide bonds. The fourth-order valence-electron chi connectivity index (χ4n) is 4.44. The van der Waals surface area contributed by atoms with Crippen molar-refractivity contribution in [2.45, 2.75) is 58.2 Å². The molecule has 3 aliphatic rings. The molecule has 1 saturated heterocycles. The van der Waals surface area contributed by atoms with Gasteiger partial charge in [-0.05, 0) is 50.0 Å². The van der Waals surface area contributed by atoms with E-state index in [-0.39, 0.29) is 5.60 Å². The van der Waals surface area contributed by atoms with Crippen molar-refractivity contribution >= 4 is 0 Å². The van der Waals surface area contributed by atoms with Crippen LogP contribution in [-0.2, 0) is 4.74 Å². The molecular weight excluding hydrogens is 208 g/mol. The summed E-state index contributed by atoms with van der Waals surface area (Å²) in [6.45, 7) is 15.4. The van der Waals surface area contributed by atoms with Crippen molar-refractivity contribution in [1.82, 2.24) is 0 Å². The van der Waals surface area contributed by atoms with Crippen LogP contribution in [0.25, 0.3) is 0 Å². The summed E-state index contributed by atoms with van der Waals surface area (Å²) in [5.74, 6) is 1.39. The van der Waals surface area contributed by atoms with Crippen molar-refractivity contribution < 1.29 is 4.74 Å². The van der Waals surface area contributed by atoms with Gasteiger partial charge in [-0.15, -0.1) is 0 Å². The van der Waals surface area contributed by atoms with Gasteiger partial charge in [-0.3, -0.25) is 0 Å². The van der Waals surface area contributed by atoms with Gasteiger partial charge in [0.25, 0.3) is 0 Å². The zero-order valence-electron chi connectivity index (χ0n) is 11.4. The molecule has 94 valence electrons. The lowest BCUT2D eigenvalue weighted by Crippen LogP contribution is -2.50. The van der Waals surface area contributed by atoms with Gasteiger partial charge in [0.2, 0.25) is 0 Å². The monoisotopic (exact) mass is 232 g/mol. The van der Waals surface area contributed by atoms with Crippen molar-refractivity contribution in [3.8, 4) is 0 Å². The molecule has 2 saturated carbocycles. The lowest BCUT2D eigenvalue weighted by Gasteiger charge is -2.50. The molecule has 17 heavy (non-hydrogen) atoms. The summed E-state index contributed by atoms with van der Waals surface area (Å²) in [6, 6.07) is 0. The van der Waals surface area contributed by atoms with Crippen molar-refractivity contribution in [2.75, 3.05) is 0 Å². The van der Waals surface area contributed by atoms with Crippen LogP contribution in [0.1, 0.15) is 46.5 Å². The maximum absolute atomic E-state index is 6.15. The van der Waals surface area contributed by atoms with Gasteiger partial charge in [0, 0.05) is 5.41 Å². The average molecular weight is 232 g/mol. The molecule has 1 nitrogen and oxygen atoms in total. The first-order valence-electron chi connectivity index (χ1n) is 6.91. The summed E-state index contributed by atoms with van der Waals surface area (Å²) in [5.41, 5.74) is 3.17. The SMILES string of the molecule is C=C1C[C@H](C)[C@@]2(C)C[C@@H](C(=C)C)CCC23OC13. The highest BCUT2D eigenvalue weighted by Gasteiger charge is 2.72. The summed E-state index contributed by atoms with van der Waals surface area (Å²) < 4.78 is 6.15. The highest BCUT2D eigenvalue weighted by atomic mass is 16.6. The van der Waals surface area contributed by atoms with Gasteiger partial charge in [0.15, 0.2) is 0 Å². The summed E-state index contributed by atoms with van der Waals surface area (Å²) in [6.07, 6.45) is 5.23. The number of hydrogen-bond acceptors (Lipinski definition) is 1. The molecule has 0 radical (unpaired) electrons. The molecule has 1 heteroatoms. The molecule has 0 N–H and O–H groups in total. The topological polar surface area (TPSA) is 12.5 Å². The minimum atomic E-state index is 0.147. The Morgan fingerprint density at radius 3 is 2.82 bits per heavy atom. The smallest absolute Gasteiger partial charge is 0.109 e. The van der Waals surface area contributed by atoms with Gasteiger partial charge in [-0.25, -0.2) is 0 Å². The van der Waals surface area contributed by atoms with Crippen molar-refractivity contribution in [2.24, 2.45) is 17.3 Å². The molecule has 0 bridgehead atoms. The highest BCUT2D eigenvalue weighted by Crippen LogP contribution is 2.68. The Bertz CT molecular complexity index is 396. The van der Waals surface area contributed by atoms with E-state index < -0.39 is 0 Å². The van der Waals surface area contributed by atoms with Gasteiger partial charge in [0.05, 0.1) is 0 Å². The third kappa shape index (κ3) is 1.29. The summed E-state index contributed by atoms with van der Waals surface area (Å²) in [7, 11) is 0. The van der Waals surface area contributed by atoms with E-state index in [1.807, 2.05) is 0 Å². The number of ether oxygens (including phenoxy) is 1. The third-order valence-corrected chi connectivity index (χ3v) is 5.92. The molecule has 2 aliphatic carbocycles. The third-order valence-electron chi connectivity index (χ3n) is 5.92. The number of hydrogen-bond donors (Lipinski definition) is 0. The van der Waals surface area contributed by atoms with Gasteiger partial charge in [0.1, 0.15) is 11.7 Å². The van der Waals surface area contributed by atoms with Gasteiger partial charge in [-0.2, -0.15) is 0 Å². The zero-order chi connectivity index (χ0) is 12.4. The molecule has 1 aliphatic heterocycles. The van der Waals surface area contributed by atoms with E-state index in [4.69, 9.17) is 4.74 Å². The van der Waals surface area contributed by atoms with Crippen LogP contribution in [0.3, 0.4) is 0 Å². The van der Waals surface area contributed by atoms with E-state index >= 15 is 0 Å². The predicted molar refractivity (Wildman–Crippen MR) is 70.8 cm³/mol. The Morgan fingerprint density at radius 1 is 1.47 bits per heavy atom. The zero-order valence-corrected chi connectivity index (χ0v) is 11.4. The molecule has 1 heterocycles. The van der Waals surface area contributed by atoms with Crippen LogP contribution in [-0.4, -0.2) is 11.7 Å². The number of epoxide rings is 1. The van der Waals surface area contributed by atoms with Gasteiger partial charge in [-0.1, -0.05) is 32.6 Å². The average Bonchev–Trinajstić information content (AvgIpc) is 2.98. The van der Waals surface area contributed by atoms with E-state index in [2.05, 4.69) is 33.9 Å². The predicted octanol–water partition coefficient (Wildman–Crippen LogP) is 4.10. The first-order chi connectivity index (χ1) is 7.91. The van der Waals surface area contributed by atoms with E-state index in [0.29, 0.717) is 23.4 Å². The fourth-order valence-corrected chi connectivity index (χ4v) is 4.44. The normalized spacial score (nSPS) is 52.6. The van der Waals surface area contributed by atoms with E-state index in [0.717, 1.165) is 6.42 Å². The van der Waals surface area contributed by atoms with E-state index in [1.165, 1.54) is 30.4 Å². The van der Waals surface area contributed by atoms with Crippen LogP contribution in [0.2, 0.25) is 0 Å². The molecule has 3 rings (SSSR count). The Balaban J connectivity index is 1.93. The molecule has 0 aromatic rings. The van der Waals surface area contributed by atoms with Crippen LogP contribution < -0.4 is 0 Å². The Kier molecular flexibility index (Phi) is 2.21. The number of allylic oxidation sites excluding steroid dienone is 1. The quantitative estimate of drug-likeness (QED) is 0.490. The second-order valence-corrected chi connectivity index (χ2v) is 6.85. The second kappa shape index (κ2) is 3.26. The van der Waals surface area contributed by atoms with E-state index in [9.17, 15) is 0 Å². The van der Waals surface area contributed by atoms with Crippen LogP contribution in [0.15, 0.2) is 24.3 Å². The van der Waals surface area contributed by atoms with Crippen LogP contribution in [0, 0.1) is 17.3 Å². The molecule has 3 fully saturated rings. The summed E-state index contributed by atoms with van der Waals surface area (Å²) >= 11 is 0. The summed E-state index contributed by atoms with van der Waals surface area (Å²) in [4.78, 5) is 0. The molecule has 0 aromatic carbocycles. The molecular formula is C16H24O. The minimum Gasteiger partial charge on any atom is -0.361 e. The highest BCUT2D eigenvalue weighted by molar-refractivity contribution is 5.32. The number of rotatable bonds is 1. The van der Waals surface area contributed by atoms with Crippen molar-refractivity contribution in [3.63, 3.8) is 0 Å². The van der Waals surface area contributed by atoms with Crippen LogP contribution in [0.4, 0.5) is 0 Å². The van der Waals surface area contributed by atoms with Gasteiger partial charge < -0.3 is 4.74 Å². The summed E-state index contributed by atoms with van der Waals surface area (Å²) in [5, 5.41) is 0. The second-order valence-electron chi connectivity index (χ2n) is 6.85. The Morgan fingerprint density at radius 2 is 2.18 bits per heavy atom. The standard InChI is InChI=1S/C16H24O/c1-10(2)13-6-7-16-14(17-16)11(3)8-12(4)15(16,5)9-13/h12-14H,1,3,6-9H2,2,4-5H3/t12-,13-,14?,15+,16?/m0/s1. The van der Waals surface area contributed by atoms with Crippen LogP contribution in [0.5, 0.6) is 0 Å². The molecule has 0 aromatic heterocycles. The van der Waals surface area contributed by atoms with Gasteiger partial charge >= 0.3 is 0 Å². The first-order valence-corrected chi connectivity index (χ1v) is 6.91. The fraction of sp³-hybridized carbons (Fsp3) is 0.750. The maximum atomic E-state index is 6.15. The lowest BCUT2D eigenvalue weighted by atomic mass is 9.52. The van der Waals surface area contributed by atoms with Crippen molar-refractivity contribution in [3.05, 3.63) is 24.3 Å². The molecule has 2 unspecified atom stereocenters. The minimum absolute atomic E-state index is 0.147. The van der Waals surface area contributed by atoms with Crippen LogP contribution >= 0.6 is 0 Å². The Labute approximate surface area is 105 Å². The van der Waals surface area contributed by atoms with E-state index in [1.54, 1.807) is 0 Å². The molecule has 5 atom stereocenters. The lowest BCUT2D eigenvalue weighted by molar-refractivity contribution is -0.00114. The first kappa shape index (κ1) is 11.5. The largest absolute Gasteiger partial charge is 0.361 e. The van der Waals surface area contributed by atoms with Crippen molar-refractivity contribution in [1.29, 1.82) is 0 Å².